The van der Waals surface area contributed by atoms with Crippen molar-refractivity contribution in [2.45, 2.75) is 50.3 Å². The van der Waals surface area contributed by atoms with Gasteiger partial charge < -0.3 is 14.8 Å². The Morgan fingerprint density at radius 1 is 0.941 bits per heavy atom. The first-order valence-electron chi connectivity index (χ1n) is 11.7. The van der Waals surface area contributed by atoms with Gasteiger partial charge in [0.25, 0.3) is 5.91 Å². The summed E-state index contributed by atoms with van der Waals surface area (Å²) in [5.74, 6) is -0.370. The average Bonchev–Trinajstić information content (AvgIpc) is 3.14. The van der Waals surface area contributed by atoms with E-state index < -0.39 is 16.0 Å². The summed E-state index contributed by atoms with van der Waals surface area (Å²) in [6, 6.07) is 12.5. The average molecular weight is 489 g/mol. The highest BCUT2D eigenvalue weighted by molar-refractivity contribution is 7.89. The first-order valence-corrected chi connectivity index (χ1v) is 13.1. The summed E-state index contributed by atoms with van der Waals surface area (Å²) < 4.78 is 37.9. The van der Waals surface area contributed by atoms with Gasteiger partial charge in [-0.05, 0) is 67.8 Å². The van der Waals surface area contributed by atoms with Gasteiger partial charge in [0.15, 0.2) is 6.61 Å². The third-order valence-electron chi connectivity index (χ3n) is 5.53. The summed E-state index contributed by atoms with van der Waals surface area (Å²) in [6.45, 7) is 3.25. The van der Waals surface area contributed by atoms with Gasteiger partial charge in [-0.1, -0.05) is 26.2 Å². The molecule has 1 N–H and O–H groups in total. The molecule has 1 aliphatic heterocycles. The summed E-state index contributed by atoms with van der Waals surface area (Å²) in [5, 5.41) is 2.70. The molecule has 0 bridgehead atoms. The molecular formula is C25H32N2O6S. The molecule has 184 valence electrons. The molecule has 0 unspecified atom stereocenters. The van der Waals surface area contributed by atoms with Crippen LogP contribution in [-0.4, -0.2) is 50.9 Å². The monoisotopic (exact) mass is 488 g/mol. The van der Waals surface area contributed by atoms with Crippen LogP contribution in [0.4, 0.5) is 5.69 Å². The van der Waals surface area contributed by atoms with Crippen LogP contribution < -0.4 is 10.1 Å². The quantitative estimate of drug-likeness (QED) is 0.397. The zero-order chi connectivity index (χ0) is 24.4. The van der Waals surface area contributed by atoms with Gasteiger partial charge in [0, 0.05) is 18.8 Å². The molecule has 1 heterocycles. The van der Waals surface area contributed by atoms with Crippen molar-refractivity contribution in [2.75, 3.05) is 31.6 Å². The molecule has 0 aliphatic carbocycles. The largest absolute Gasteiger partial charge is 0.484 e. The molecular weight excluding hydrogens is 456 g/mol. The number of carbonyl (C=O) groups is 2. The third kappa shape index (κ3) is 7.30. The number of anilines is 1. The second-order valence-electron chi connectivity index (χ2n) is 8.19. The summed E-state index contributed by atoms with van der Waals surface area (Å²) in [6.07, 6.45) is 5.62. The molecule has 1 saturated heterocycles. The highest BCUT2D eigenvalue weighted by Gasteiger charge is 2.25. The van der Waals surface area contributed by atoms with Crippen molar-refractivity contribution in [2.24, 2.45) is 0 Å². The van der Waals surface area contributed by atoms with Gasteiger partial charge >= 0.3 is 5.97 Å². The van der Waals surface area contributed by atoms with Crippen LogP contribution in [0.2, 0.25) is 0 Å². The van der Waals surface area contributed by atoms with Crippen molar-refractivity contribution in [1.29, 1.82) is 0 Å². The van der Waals surface area contributed by atoms with E-state index in [2.05, 4.69) is 5.32 Å². The third-order valence-corrected chi connectivity index (χ3v) is 7.44. The number of esters is 1. The van der Waals surface area contributed by atoms with E-state index >= 15 is 0 Å². The van der Waals surface area contributed by atoms with Crippen molar-refractivity contribution in [3.63, 3.8) is 0 Å². The first-order chi connectivity index (χ1) is 16.4. The van der Waals surface area contributed by atoms with Crippen LogP contribution in [0.1, 0.15) is 55.8 Å². The minimum atomic E-state index is -3.53. The van der Waals surface area contributed by atoms with Crippen LogP contribution in [0.5, 0.6) is 5.75 Å². The fourth-order valence-electron chi connectivity index (χ4n) is 3.57. The number of hydrogen-bond donors (Lipinski definition) is 1. The van der Waals surface area contributed by atoms with E-state index in [1.165, 1.54) is 12.1 Å². The highest BCUT2D eigenvalue weighted by atomic mass is 32.2. The molecule has 0 atom stereocenters. The SMILES string of the molecule is CCCCOC(=O)c1ccc(NC(=O)COc2ccc(S(=O)(=O)N3CCCCCC3)cc2)cc1. The van der Waals surface area contributed by atoms with Crippen molar-refractivity contribution >= 4 is 27.6 Å². The smallest absolute Gasteiger partial charge is 0.338 e. The van der Waals surface area contributed by atoms with Crippen molar-refractivity contribution in [1.82, 2.24) is 4.31 Å². The summed E-state index contributed by atoms with van der Waals surface area (Å²) in [4.78, 5) is 24.4. The fraction of sp³-hybridized carbons (Fsp3) is 0.440. The summed E-state index contributed by atoms with van der Waals surface area (Å²) in [7, 11) is -3.53. The molecule has 0 aromatic heterocycles. The number of carbonyl (C=O) groups excluding carboxylic acids is 2. The van der Waals surface area contributed by atoms with E-state index in [1.807, 2.05) is 6.92 Å². The number of rotatable bonds is 10. The number of nitrogens with zero attached hydrogens (tertiary/aromatic N) is 1. The van der Waals surface area contributed by atoms with Crippen molar-refractivity contribution in [3.8, 4) is 5.75 Å². The molecule has 3 rings (SSSR count). The Hall–Kier alpha value is -2.91. The molecule has 0 radical (unpaired) electrons. The number of sulfonamides is 1. The standard InChI is InChI=1S/C25H32N2O6S/c1-2-3-18-32-25(29)20-8-10-21(11-9-20)26-24(28)19-33-22-12-14-23(15-13-22)34(30,31)27-16-6-4-5-7-17-27/h8-15H,2-7,16-19H2,1H3,(H,26,28). The van der Waals surface area contributed by atoms with Gasteiger partial charge in [0.05, 0.1) is 17.1 Å². The van der Waals surface area contributed by atoms with Crippen LogP contribution in [0, 0.1) is 0 Å². The molecule has 2 aromatic carbocycles. The van der Waals surface area contributed by atoms with Crippen molar-refractivity contribution < 1.29 is 27.5 Å². The predicted molar refractivity (Wildman–Crippen MR) is 129 cm³/mol. The predicted octanol–water partition coefficient (Wildman–Crippen LogP) is 4.23. The molecule has 34 heavy (non-hydrogen) atoms. The molecule has 9 heteroatoms. The number of nitrogens with one attached hydrogen (secondary N) is 1. The van der Waals surface area contributed by atoms with Crippen LogP contribution in [0.15, 0.2) is 53.4 Å². The van der Waals surface area contributed by atoms with Crippen LogP contribution in [0.25, 0.3) is 0 Å². The Kier molecular flexibility index (Phi) is 9.47. The molecule has 1 amide bonds. The minimum absolute atomic E-state index is 0.222. The lowest BCUT2D eigenvalue weighted by Gasteiger charge is -2.20. The number of unbranched alkanes of at least 4 members (excludes halogenated alkanes) is 1. The van der Waals surface area contributed by atoms with E-state index in [1.54, 1.807) is 40.7 Å². The molecule has 1 aliphatic rings. The molecule has 8 nitrogen and oxygen atoms in total. The van der Waals surface area contributed by atoms with Gasteiger partial charge in [-0.2, -0.15) is 4.31 Å². The lowest BCUT2D eigenvalue weighted by atomic mass is 10.2. The molecule has 1 fully saturated rings. The van der Waals surface area contributed by atoms with Crippen LogP contribution >= 0.6 is 0 Å². The Morgan fingerprint density at radius 3 is 2.21 bits per heavy atom. The second-order valence-corrected chi connectivity index (χ2v) is 10.1. The zero-order valence-electron chi connectivity index (χ0n) is 19.5. The minimum Gasteiger partial charge on any atom is -0.484 e. The summed E-state index contributed by atoms with van der Waals surface area (Å²) in [5.41, 5.74) is 0.943. The van der Waals surface area contributed by atoms with Crippen LogP contribution in [-0.2, 0) is 19.6 Å². The zero-order valence-corrected chi connectivity index (χ0v) is 20.3. The Labute approximate surface area is 201 Å². The van der Waals surface area contributed by atoms with Gasteiger partial charge in [0.1, 0.15) is 5.75 Å². The first kappa shape index (κ1) is 25.7. The Balaban J connectivity index is 1.49. The Morgan fingerprint density at radius 2 is 1.59 bits per heavy atom. The second kappa shape index (κ2) is 12.5. The van der Waals surface area contributed by atoms with E-state index in [-0.39, 0.29) is 17.4 Å². The molecule has 2 aromatic rings. The van der Waals surface area contributed by atoms with Gasteiger partial charge in [-0.25, -0.2) is 13.2 Å². The Bertz CT molecular complexity index is 1040. The lowest BCUT2D eigenvalue weighted by molar-refractivity contribution is -0.118. The molecule has 0 spiro atoms. The van der Waals surface area contributed by atoms with E-state index in [0.29, 0.717) is 36.7 Å². The normalized spacial score (nSPS) is 14.7. The van der Waals surface area contributed by atoms with E-state index in [0.717, 1.165) is 38.5 Å². The topological polar surface area (TPSA) is 102 Å². The highest BCUT2D eigenvalue weighted by Crippen LogP contribution is 2.22. The van der Waals surface area contributed by atoms with Gasteiger partial charge in [0.2, 0.25) is 10.0 Å². The van der Waals surface area contributed by atoms with E-state index in [9.17, 15) is 18.0 Å². The van der Waals surface area contributed by atoms with Gasteiger partial charge in [-0.15, -0.1) is 0 Å². The molecule has 0 saturated carbocycles. The number of ether oxygens (including phenoxy) is 2. The van der Waals surface area contributed by atoms with Crippen molar-refractivity contribution in [3.05, 3.63) is 54.1 Å². The van der Waals surface area contributed by atoms with Crippen LogP contribution in [0.3, 0.4) is 0 Å². The number of hydrogen-bond acceptors (Lipinski definition) is 6. The number of amides is 1. The maximum atomic E-state index is 12.8. The fourth-order valence-corrected chi connectivity index (χ4v) is 5.08. The van der Waals surface area contributed by atoms with Gasteiger partial charge in [-0.3, -0.25) is 4.79 Å². The lowest BCUT2D eigenvalue weighted by Crippen LogP contribution is -2.31. The number of benzene rings is 2. The van der Waals surface area contributed by atoms with E-state index in [4.69, 9.17) is 9.47 Å². The summed E-state index contributed by atoms with van der Waals surface area (Å²) >= 11 is 0. The maximum absolute atomic E-state index is 12.8. The maximum Gasteiger partial charge on any atom is 0.338 e.